The number of hydrogen-bond donors (Lipinski definition) is 2. The second-order valence-corrected chi connectivity index (χ2v) is 8.34. The molecule has 1 aliphatic carbocycles. The standard InChI is InChI=1S/C21H24N2O4S/c1-12-4-9-18-15(10-12)11-19(28-18)21(26)27-13(2)20(25)23-17-7-5-16(6-8-17)22-14(3)24/h5-8,11-13H,4,9-10H2,1-3H3,(H,22,24)(H,23,25)/t12-,13+/m1/s1. The van der Waals surface area contributed by atoms with Crippen molar-refractivity contribution in [3.8, 4) is 0 Å². The fourth-order valence-corrected chi connectivity index (χ4v) is 4.25. The minimum Gasteiger partial charge on any atom is -0.448 e. The fourth-order valence-electron chi connectivity index (χ4n) is 3.16. The lowest BCUT2D eigenvalue weighted by atomic mass is 9.90. The van der Waals surface area contributed by atoms with Crippen LogP contribution in [0.15, 0.2) is 30.3 Å². The minimum atomic E-state index is -0.916. The molecule has 3 rings (SSSR count). The first-order chi connectivity index (χ1) is 13.3. The zero-order valence-electron chi connectivity index (χ0n) is 16.2. The molecule has 6 nitrogen and oxygen atoms in total. The molecule has 1 aromatic heterocycles. The van der Waals surface area contributed by atoms with Crippen molar-refractivity contribution >= 4 is 40.5 Å². The first kappa shape index (κ1) is 20.1. The summed E-state index contributed by atoms with van der Waals surface area (Å²) in [5.41, 5.74) is 2.43. The van der Waals surface area contributed by atoms with Crippen molar-refractivity contribution < 1.29 is 19.1 Å². The lowest BCUT2D eigenvalue weighted by molar-refractivity contribution is -0.123. The highest BCUT2D eigenvalue weighted by Crippen LogP contribution is 2.32. The highest BCUT2D eigenvalue weighted by atomic mass is 32.1. The Hall–Kier alpha value is -2.67. The van der Waals surface area contributed by atoms with Crippen LogP contribution in [-0.2, 0) is 27.2 Å². The summed E-state index contributed by atoms with van der Waals surface area (Å²) in [6.45, 7) is 5.19. The number of hydrogen-bond acceptors (Lipinski definition) is 5. The van der Waals surface area contributed by atoms with E-state index in [4.69, 9.17) is 4.74 Å². The number of ether oxygens (including phenoxy) is 1. The Morgan fingerprint density at radius 1 is 1.14 bits per heavy atom. The van der Waals surface area contributed by atoms with E-state index in [1.807, 2.05) is 6.07 Å². The third-order valence-corrected chi connectivity index (χ3v) is 5.87. The molecular weight excluding hydrogens is 376 g/mol. The lowest BCUT2D eigenvalue weighted by Gasteiger charge is -2.16. The molecule has 0 saturated heterocycles. The van der Waals surface area contributed by atoms with Crippen LogP contribution in [0.3, 0.4) is 0 Å². The zero-order chi connectivity index (χ0) is 20.3. The van der Waals surface area contributed by atoms with Gasteiger partial charge in [0, 0.05) is 23.2 Å². The van der Waals surface area contributed by atoms with Gasteiger partial charge in [-0.3, -0.25) is 9.59 Å². The highest BCUT2D eigenvalue weighted by Gasteiger charge is 2.24. The molecule has 7 heteroatoms. The number of carbonyl (C=O) groups is 3. The van der Waals surface area contributed by atoms with Crippen LogP contribution in [-0.4, -0.2) is 23.9 Å². The Bertz CT molecular complexity index is 888. The molecule has 1 aromatic carbocycles. The maximum atomic E-state index is 12.4. The van der Waals surface area contributed by atoms with E-state index in [0.717, 1.165) is 19.3 Å². The third kappa shape index (κ3) is 4.98. The molecule has 2 atom stereocenters. The van der Waals surface area contributed by atoms with Crippen molar-refractivity contribution in [3.05, 3.63) is 45.6 Å². The van der Waals surface area contributed by atoms with E-state index in [-0.39, 0.29) is 5.91 Å². The van der Waals surface area contributed by atoms with Crippen molar-refractivity contribution in [2.75, 3.05) is 10.6 Å². The van der Waals surface area contributed by atoms with Crippen LogP contribution < -0.4 is 10.6 Å². The maximum Gasteiger partial charge on any atom is 0.349 e. The number of carbonyl (C=O) groups excluding carboxylic acids is 3. The van der Waals surface area contributed by atoms with Gasteiger partial charge in [-0.25, -0.2) is 4.79 Å². The van der Waals surface area contributed by atoms with E-state index in [0.29, 0.717) is 22.2 Å². The Morgan fingerprint density at radius 3 is 2.43 bits per heavy atom. The zero-order valence-corrected chi connectivity index (χ0v) is 17.0. The summed E-state index contributed by atoms with van der Waals surface area (Å²) in [6, 6.07) is 8.62. The van der Waals surface area contributed by atoms with Crippen LogP contribution in [0, 0.1) is 5.92 Å². The predicted octanol–water partition coefficient (Wildman–Crippen LogP) is 4.02. The largest absolute Gasteiger partial charge is 0.448 e. The van der Waals surface area contributed by atoms with Crippen molar-refractivity contribution in [1.82, 2.24) is 0 Å². The lowest BCUT2D eigenvalue weighted by Crippen LogP contribution is -2.29. The SMILES string of the molecule is CC(=O)Nc1ccc(NC(=O)[C@H](C)OC(=O)c2cc3c(s2)CC[C@@H](C)C3)cc1. The molecule has 2 amide bonds. The fraction of sp³-hybridized carbons (Fsp3) is 0.381. The van der Waals surface area contributed by atoms with Gasteiger partial charge in [-0.15, -0.1) is 11.3 Å². The molecule has 2 N–H and O–H groups in total. The van der Waals surface area contributed by atoms with Crippen molar-refractivity contribution in [3.63, 3.8) is 0 Å². The van der Waals surface area contributed by atoms with Gasteiger partial charge in [-0.05, 0) is 68.0 Å². The average molecular weight is 401 g/mol. The van der Waals surface area contributed by atoms with Crippen molar-refractivity contribution in [2.24, 2.45) is 5.92 Å². The van der Waals surface area contributed by atoms with Crippen LogP contribution in [0.1, 0.15) is 47.3 Å². The molecular formula is C21H24N2O4S. The van der Waals surface area contributed by atoms with Gasteiger partial charge in [0.25, 0.3) is 5.91 Å². The smallest absolute Gasteiger partial charge is 0.349 e. The second kappa shape index (κ2) is 8.56. The predicted molar refractivity (Wildman–Crippen MR) is 110 cm³/mol. The van der Waals surface area contributed by atoms with E-state index in [1.54, 1.807) is 31.2 Å². The topological polar surface area (TPSA) is 84.5 Å². The summed E-state index contributed by atoms with van der Waals surface area (Å²) < 4.78 is 5.35. The summed E-state index contributed by atoms with van der Waals surface area (Å²) in [5, 5.41) is 5.36. The second-order valence-electron chi connectivity index (χ2n) is 7.20. The number of nitrogens with one attached hydrogen (secondary N) is 2. The molecule has 0 bridgehead atoms. The molecule has 28 heavy (non-hydrogen) atoms. The maximum absolute atomic E-state index is 12.4. The van der Waals surface area contributed by atoms with Crippen LogP contribution in [0.2, 0.25) is 0 Å². The van der Waals surface area contributed by atoms with E-state index < -0.39 is 18.0 Å². The molecule has 0 spiro atoms. The first-order valence-electron chi connectivity index (χ1n) is 9.33. The van der Waals surface area contributed by atoms with E-state index in [1.165, 1.54) is 28.7 Å². The van der Waals surface area contributed by atoms with E-state index in [9.17, 15) is 14.4 Å². The Labute approximate surface area is 168 Å². The van der Waals surface area contributed by atoms with Gasteiger partial charge < -0.3 is 15.4 Å². The molecule has 1 aliphatic rings. The van der Waals surface area contributed by atoms with Gasteiger partial charge in [-0.2, -0.15) is 0 Å². The molecule has 2 aromatic rings. The molecule has 0 aliphatic heterocycles. The van der Waals surface area contributed by atoms with Gasteiger partial charge in [0.2, 0.25) is 5.91 Å². The number of fused-ring (bicyclic) bond motifs is 1. The molecule has 0 fully saturated rings. The molecule has 148 valence electrons. The molecule has 0 unspecified atom stereocenters. The summed E-state index contributed by atoms with van der Waals surface area (Å²) in [4.78, 5) is 37.6. The number of benzene rings is 1. The molecule has 0 radical (unpaired) electrons. The summed E-state index contributed by atoms with van der Waals surface area (Å²) in [7, 11) is 0. The highest BCUT2D eigenvalue weighted by molar-refractivity contribution is 7.14. The number of thiophene rings is 1. The Morgan fingerprint density at radius 2 is 1.79 bits per heavy atom. The summed E-state index contributed by atoms with van der Waals surface area (Å²) in [6.07, 6.45) is 2.21. The Balaban J connectivity index is 1.56. The number of amides is 2. The normalized spacial score (nSPS) is 16.6. The number of anilines is 2. The quantitative estimate of drug-likeness (QED) is 0.743. The molecule has 0 saturated carbocycles. The minimum absolute atomic E-state index is 0.165. The van der Waals surface area contributed by atoms with Crippen molar-refractivity contribution in [2.45, 2.75) is 46.1 Å². The van der Waals surface area contributed by atoms with Crippen LogP contribution in [0.25, 0.3) is 0 Å². The molecule has 1 heterocycles. The van der Waals surface area contributed by atoms with Gasteiger partial charge in [-0.1, -0.05) is 6.92 Å². The average Bonchev–Trinajstić information content (AvgIpc) is 3.06. The van der Waals surface area contributed by atoms with Crippen LogP contribution >= 0.6 is 11.3 Å². The van der Waals surface area contributed by atoms with Crippen molar-refractivity contribution in [1.29, 1.82) is 0 Å². The number of aryl methyl sites for hydroxylation is 1. The first-order valence-corrected chi connectivity index (χ1v) is 10.1. The van der Waals surface area contributed by atoms with E-state index in [2.05, 4.69) is 17.6 Å². The van der Waals surface area contributed by atoms with Gasteiger partial charge in [0.15, 0.2) is 6.10 Å². The summed E-state index contributed by atoms with van der Waals surface area (Å²) in [5.74, 6) is -0.402. The Kier molecular flexibility index (Phi) is 6.14. The van der Waals surface area contributed by atoms with Gasteiger partial charge in [0.1, 0.15) is 4.88 Å². The monoisotopic (exact) mass is 400 g/mol. The van der Waals surface area contributed by atoms with Crippen LogP contribution in [0.4, 0.5) is 11.4 Å². The number of rotatable bonds is 5. The van der Waals surface area contributed by atoms with Gasteiger partial charge in [0.05, 0.1) is 0 Å². The van der Waals surface area contributed by atoms with Crippen LogP contribution in [0.5, 0.6) is 0 Å². The van der Waals surface area contributed by atoms with E-state index >= 15 is 0 Å². The third-order valence-electron chi connectivity index (χ3n) is 4.66. The van der Waals surface area contributed by atoms with Gasteiger partial charge >= 0.3 is 5.97 Å². The summed E-state index contributed by atoms with van der Waals surface area (Å²) >= 11 is 1.47. The number of esters is 1.